The molecule has 3 aliphatic rings. The zero-order chi connectivity index (χ0) is 33.9. The summed E-state index contributed by atoms with van der Waals surface area (Å²) in [6.45, 7) is 11.5. The Morgan fingerprint density at radius 3 is 2.70 bits per heavy atom. The second-order valence-electron chi connectivity index (χ2n) is 13.6. The summed E-state index contributed by atoms with van der Waals surface area (Å²) in [5.74, 6) is -1.37. The number of hydrogen-bond acceptors (Lipinski definition) is 7. The van der Waals surface area contributed by atoms with Crippen LogP contribution >= 0.6 is 11.6 Å². The van der Waals surface area contributed by atoms with Gasteiger partial charge < -0.3 is 29.5 Å². The van der Waals surface area contributed by atoms with Gasteiger partial charge in [-0.15, -0.1) is 13.2 Å². The van der Waals surface area contributed by atoms with Gasteiger partial charge in [0.15, 0.2) is 5.60 Å². The number of aliphatic hydroxyl groups is 2. The van der Waals surface area contributed by atoms with Crippen molar-refractivity contribution in [3.63, 3.8) is 0 Å². The standard InChI is InChI=1S/C38H49ClN2O6/c1-6-9-19-40(4)35(43)30(7-2)38(45,36(44)46-5)27-13-17-34-32(21-27)41(22-26-12-15-29(26)33(42)8-3)23-37(24-47-34)18-10-11-25-20-28(39)14-16-31(25)37/h6,8,13-14,16-17,20-21,26,29-30,33,42,45H,1,3,7,9-12,15,18-19,22-24H2,2,4-5H3/t26-,29+,30-,33-,37-,38-/m0/s1. The summed E-state index contributed by atoms with van der Waals surface area (Å²) in [6.07, 6.45) is 8.31. The highest BCUT2D eigenvalue weighted by molar-refractivity contribution is 6.30. The third kappa shape index (κ3) is 6.57. The molecule has 5 rings (SSSR count). The lowest BCUT2D eigenvalue weighted by Crippen LogP contribution is -2.51. The van der Waals surface area contributed by atoms with E-state index < -0.39 is 23.6 Å². The van der Waals surface area contributed by atoms with Crippen LogP contribution in [0.4, 0.5) is 5.69 Å². The SMILES string of the molecule is C=CCCN(C)C(=O)[C@H](CC)[C@](O)(C(=O)OC)c1ccc2c(c1)N(C[C@@H]1CC[C@H]1[C@@H](O)C=C)C[C@@]1(CCCc3cc(Cl)ccc31)CO2. The van der Waals surface area contributed by atoms with Crippen molar-refractivity contribution in [2.75, 3.05) is 45.3 Å². The lowest BCUT2D eigenvalue weighted by Gasteiger charge is -2.45. The number of methoxy groups -OCH3 is 1. The minimum Gasteiger partial charge on any atom is -0.490 e. The molecule has 1 amide bonds. The predicted octanol–water partition coefficient (Wildman–Crippen LogP) is 5.81. The van der Waals surface area contributed by atoms with Crippen molar-refractivity contribution >= 4 is 29.2 Å². The molecule has 2 aliphatic carbocycles. The van der Waals surface area contributed by atoms with E-state index in [0.29, 0.717) is 43.4 Å². The van der Waals surface area contributed by atoms with Crippen molar-refractivity contribution in [1.82, 2.24) is 4.90 Å². The largest absolute Gasteiger partial charge is 0.490 e. The minimum atomic E-state index is -2.24. The van der Waals surface area contributed by atoms with Crippen molar-refractivity contribution in [3.05, 3.63) is 83.4 Å². The molecule has 254 valence electrons. The van der Waals surface area contributed by atoms with Crippen molar-refractivity contribution in [1.29, 1.82) is 0 Å². The number of benzene rings is 2. The molecule has 9 heteroatoms. The molecule has 1 aliphatic heterocycles. The maximum absolute atomic E-state index is 13.7. The van der Waals surface area contributed by atoms with Gasteiger partial charge in [-0.2, -0.15) is 0 Å². The van der Waals surface area contributed by atoms with Gasteiger partial charge in [-0.3, -0.25) is 4.79 Å². The second-order valence-corrected chi connectivity index (χ2v) is 14.0. The van der Waals surface area contributed by atoms with Gasteiger partial charge in [0.25, 0.3) is 0 Å². The summed E-state index contributed by atoms with van der Waals surface area (Å²) < 4.78 is 11.8. The van der Waals surface area contributed by atoms with Gasteiger partial charge >= 0.3 is 5.97 Å². The first kappa shape index (κ1) is 35.0. The normalized spacial score (nSPS) is 24.3. The average molecular weight is 665 g/mol. The third-order valence-electron chi connectivity index (χ3n) is 10.8. The number of hydrogen-bond donors (Lipinski definition) is 2. The highest BCUT2D eigenvalue weighted by Crippen LogP contribution is 2.48. The Balaban J connectivity index is 1.60. The highest BCUT2D eigenvalue weighted by atomic mass is 35.5. The van der Waals surface area contributed by atoms with Crippen LogP contribution in [0.2, 0.25) is 5.02 Å². The van der Waals surface area contributed by atoms with Gasteiger partial charge in [0.1, 0.15) is 5.75 Å². The van der Waals surface area contributed by atoms with Crippen molar-refractivity contribution in [2.24, 2.45) is 17.8 Å². The Labute approximate surface area is 284 Å². The van der Waals surface area contributed by atoms with E-state index in [9.17, 15) is 19.8 Å². The molecule has 2 aromatic rings. The van der Waals surface area contributed by atoms with Crippen LogP contribution in [0, 0.1) is 17.8 Å². The van der Waals surface area contributed by atoms with E-state index in [1.165, 1.54) is 23.1 Å². The van der Waals surface area contributed by atoms with E-state index in [4.69, 9.17) is 21.1 Å². The highest BCUT2D eigenvalue weighted by Gasteiger charge is 2.51. The quantitative estimate of drug-likeness (QED) is 0.218. The lowest BCUT2D eigenvalue weighted by molar-refractivity contribution is -0.176. The molecule has 0 saturated heterocycles. The number of carbonyl (C=O) groups excluding carboxylic acids is 2. The van der Waals surface area contributed by atoms with Crippen molar-refractivity contribution in [3.8, 4) is 5.75 Å². The molecule has 1 heterocycles. The van der Waals surface area contributed by atoms with Crippen LogP contribution in [-0.4, -0.2) is 73.5 Å². The Hall–Kier alpha value is -3.33. The summed E-state index contributed by atoms with van der Waals surface area (Å²) in [6, 6.07) is 11.4. The number of esters is 1. The number of aryl methyl sites for hydroxylation is 1. The van der Waals surface area contributed by atoms with E-state index in [1.807, 2.05) is 6.07 Å². The topological polar surface area (TPSA) is 99.5 Å². The van der Waals surface area contributed by atoms with Gasteiger partial charge in [0.05, 0.1) is 31.4 Å². The lowest BCUT2D eigenvalue weighted by atomic mass is 9.68. The van der Waals surface area contributed by atoms with E-state index in [1.54, 1.807) is 44.3 Å². The van der Waals surface area contributed by atoms with Crippen LogP contribution in [0.5, 0.6) is 5.75 Å². The van der Waals surface area contributed by atoms with Crippen molar-refractivity contribution < 1.29 is 29.3 Å². The van der Waals surface area contributed by atoms with Crippen LogP contribution in [0.1, 0.15) is 62.1 Å². The van der Waals surface area contributed by atoms with Crippen LogP contribution in [0.15, 0.2) is 61.7 Å². The van der Waals surface area contributed by atoms with Gasteiger partial charge in [-0.25, -0.2) is 4.79 Å². The first-order valence-corrected chi connectivity index (χ1v) is 17.2. The number of fused-ring (bicyclic) bond motifs is 3. The molecular formula is C38H49ClN2O6. The maximum Gasteiger partial charge on any atom is 0.343 e. The molecule has 6 atom stereocenters. The van der Waals surface area contributed by atoms with Gasteiger partial charge in [0, 0.05) is 37.1 Å². The van der Waals surface area contributed by atoms with Gasteiger partial charge in [0.2, 0.25) is 5.91 Å². The molecule has 47 heavy (non-hydrogen) atoms. The van der Waals surface area contributed by atoms with E-state index in [-0.39, 0.29) is 35.1 Å². The fourth-order valence-electron chi connectivity index (χ4n) is 8.01. The fraction of sp³-hybridized carbons (Fsp3) is 0.526. The number of amides is 1. The first-order valence-electron chi connectivity index (χ1n) is 16.8. The number of halogens is 1. The number of anilines is 1. The molecule has 8 nitrogen and oxygen atoms in total. The molecule has 1 spiro atoms. The summed E-state index contributed by atoms with van der Waals surface area (Å²) in [5, 5.41) is 23.8. The first-order chi connectivity index (χ1) is 22.5. The molecule has 0 aromatic heterocycles. The molecule has 1 saturated carbocycles. The van der Waals surface area contributed by atoms with E-state index in [0.717, 1.165) is 37.8 Å². The summed E-state index contributed by atoms with van der Waals surface area (Å²) in [7, 11) is 2.89. The minimum absolute atomic E-state index is 0.0944. The number of ether oxygens (including phenoxy) is 2. The zero-order valence-corrected chi connectivity index (χ0v) is 28.7. The van der Waals surface area contributed by atoms with E-state index in [2.05, 4.69) is 30.2 Å². The molecule has 0 unspecified atom stereocenters. The Morgan fingerprint density at radius 2 is 2.04 bits per heavy atom. The van der Waals surface area contributed by atoms with Gasteiger partial charge in [-0.05, 0) is 97.7 Å². The Morgan fingerprint density at radius 1 is 1.26 bits per heavy atom. The third-order valence-corrected chi connectivity index (χ3v) is 11.1. The average Bonchev–Trinajstić information content (AvgIpc) is 3.21. The monoisotopic (exact) mass is 664 g/mol. The van der Waals surface area contributed by atoms with Crippen LogP contribution in [-0.2, 0) is 31.8 Å². The zero-order valence-electron chi connectivity index (χ0n) is 27.9. The number of nitrogens with zero attached hydrogens (tertiary/aromatic N) is 2. The Kier molecular flexibility index (Phi) is 10.7. The second kappa shape index (κ2) is 14.4. The molecule has 2 N–H and O–H groups in total. The summed E-state index contributed by atoms with van der Waals surface area (Å²) in [5.41, 5.74) is 0.920. The van der Waals surface area contributed by atoms with Crippen LogP contribution in [0.25, 0.3) is 0 Å². The fourth-order valence-corrected chi connectivity index (χ4v) is 8.20. The molecule has 2 aromatic carbocycles. The van der Waals surface area contributed by atoms with Crippen LogP contribution < -0.4 is 9.64 Å². The van der Waals surface area contributed by atoms with Gasteiger partial charge in [-0.1, -0.05) is 42.8 Å². The molecule has 1 fully saturated rings. The smallest absolute Gasteiger partial charge is 0.343 e. The number of carbonyl (C=O) groups is 2. The van der Waals surface area contributed by atoms with Crippen molar-refractivity contribution in [2.45, 2.75) is 69.0 Å². The number of rotatable bonds is 12. The number of aliphatic hydroxyl groups excluding tert-OH is 1. The van der Waals surface area contributed by atoms with Crippen LogP contribution in [0.3, 0.4) is 0 Å². The maximum atomic E-state index is 13.7. The molecule has 0 bridgehead atoms. The molecule has 0 radical (unpaired) electrons. The van der Waals surface area contributed by atoms with E-state index >= 15 is 0 Å². The summed E-state index contributed by atoms with van der Waals surface area (Å²) in [4.78, 5) is 31.1. The molecular weight excluding hydrogens is 616 g/mol. The Bertz CT molecular complexity index is 1500. The predicted molar refractivity (Wildman–Crippen MR) is 185 cm³/mol. The summed E-state index contributed by atoms with van der Waals surface area (Å²) >= 11 is 6.43.